The summed E-state index contributed by atoms with van der Waals surface area (Å²) in [7, 11) is 0. The zero-order valence-corrected chi connectivity index (χ0v) is 13.3. The lowest BCUT2D eigenvalue weighted by Crippen LogP contribution is -2.37. The van der Waals surface area contributed by atoms with Gasteiger partial charge >= 0.3 is 0 Å². The molecule has 1 aromatic carbocycles. The summed E-state index contributed by atoms with van der Waals surface area (Å²) in [6.45, 7) is 7.18. The Morgan fingerprint density at radius 1 is 1.10 bits per heavy atom. The van der Waals surface area contributed by atoms with Crippen molar-refractivity contribution in [2.24, 2.45) is 0 Å². The highest BCUT2D eigenvalue weighted by Gasteiger charge is 2.32. The molecule has 0 aliphatic carbocycles. The third kappa shape index (κ3) is 2.30. The molecule has 0 saturated carbocycles. The Balaban J connectivity index is 1.65. The van der Waals surface area contributed by atoms with Gasteiger partial charge in [0.15, 0.2) is 0 Å². The summed E-state index contributed by atoms with van der Waals surface area (Å²) >= 11 is 0. The van der Waals surface area contributed by atoms with Gasteiger partial charge in [-0.2, -0.15) is 0 Å². The van der Waals surface area contributed by atoms with Crippen molar-refractivity contribution >= 4 is 10.9 Å². The van der Waals surface area contributed by atoms with E-state index in [1.54, 1.807) is 5.56 Å². The molecule has 4 rings (SSSR count). The van der Waals surface area contributed by atoms with E-state index in [2.05, 4.69) is 53.8 Å². The number of benzene rings is 1. The Hall–Kier alpha value is -1.28. The predicted molar refractivity (Wildman–Crippen MR) is 88.9 cm³/mol. The average molecular weight is 282 g/mol. The summed E-state index contributed by atoms with van der Waals surface area (Å²) < 4.78 is 2.41. The van der Waals surface area contributed by atoms with Gasteiger partial charge in [0.1, 0.15) is 0 Å². The SMILES string of the molecule is CC(C)n1ccc2ccc(C3CCN4CCCC4C3)cc21. The van der Waals surface area contributed by atoms with Gasteiger partial charge in [0, 0.05) is 23.8 Å². The molecule has 2 unspecified atom stereocenters. The summed E-state index contributed by atoms with van der Waals surface area (Å²) in [5.74, 6) is 0.768. The topological polar surface area (TPSA) is 8.17 Å². The van der Waals surface area contributed by atoms with Crippen molar-refractivity contribution in [3.05, 3.63) is 36.0 Å². The van der Waals surface area contributed by atoms with Gasteiger partial charge in [-0.3, -0.25) is 0 Å². The van der Waals surface area contributed by atoms with Crippen molar-refractivity contribution in [3.8, 4) is 0 Å². The highest BCUT2D eigenvalue weighted by Crippen LogP contribution is 2.37. The Morgan fingerprint density at radius 2 is 2.00 bits per heavy atom. The van der Waals surface area contributed by atoms with Gasteiger partial charge in [-0.1, -0.05) is 12.1 Å². The first-order valence-corrected chi connectivity index (χ1v) is 8.57. The lowest BCUT2D eigenvalue weighted by Gasteiger charge is -2.35. The van der Waals surface area contributed by atoms with E-state index in [-0.39, 0.29) is 0 Å². The summed E-state index contributed by atoms with van der Waals surface area (Å²) in [5, 5.41) is 1.38. The fourth-order valence-corrected chi connectivity index (χ4v) is 4.40. The first kappa shape index (κ1) is 13.4. The molecule has 2 aromatic rings. The Kier molecular flexibility index (Phi) is 3.30. The molecule has 2 fully saturated rings. The minimum atomic E-state index is 0.537. The maximum absolute atomic E-state index is 2.71. The van der Waals surface area contributed by atoms with E-state index >= 15 is 0 Å². The van der Waals surface area contributed by atoms with Crippen molar-refractivity contribution < 1.29 is 0 Å². The molecule has 2 atom stereocenters. The molecule has 2 heteroatoms. The highest BCUT2D eigenvalue weighted by molar-refractivity contribution is 5.81. The van der Waals surface area contributed by atoms with Crippen molar-refractivity contribution in [1.29, 1.82) is 0 Å². The summed E-state index contributed by atoms with van der Waals surface area (Å²) in [6, 6.07) is 10.8. The van der Waals surface area contributed by atoms with Gasteiger partial charge in [-0.05, 0) is 81.6 Å². The first-order valence-electron chi connectivity index (χ1n) is 8.57. The van der Waals surface area contributed by atoms with E-state index in [0.717, 1.165) is 12.0 Å². The summed E-state index contributed by atoms with van der Waals surface area (Å²) in [4.78, 5) is 2.71. The van der Waals surface area contributed by atoms with E-state index in [4.69, 9.17) is 0 Å². The number of aromatic nitrogens is 1. The monoisotopic (exact) mass is 282 g/mol. The van der Waals surface area contributed by atoms with Gasteiger partial charge < -0.3 is 9.47 Å². The fraction of sp³-hybridized carbons (Fsp3) is 0.579. The van der Waals surface area contributed by atoms with Gasteiger partial charge in [0.25, 0.3) is 0 Å². The molecule has 0 N–H and O–H groups in total. The van der Waals surface area contributed by atoms with Crippen LogP contribution in [0.15, 0.2) is 30.5 Å². The third-order valence-electron chi connectivity index (χ3n) is 5.60. The van der Waals surface area contributed by atoms with Gasteiger partial charge in [0.2, 0.25) is 0 Å². The standard InChI is InChI=1S/C19H26N2/c1-14(2)21-11-8-15-5-6-16(13-19(15)21)17-7-10-20-9-3-4-18(20)12-17/h5-6,8,11,13-14,17-18H,3-4,7,9-10,12H2,1-2H3. The van der Waals surface area contributed by atoms with Crippen molar-refractivity contribution in [3.63, 3.8) is 0 Å². The largest absolute Gasteiger partial charge is 0.345 e. The van der Waals surface area contributed by atoms with Crippen molar-refractivity contribution in [2.75, 3.05) is 13.1 Å². The van der Waals surface area contributed by atoms with Crippen LogP contribution >= 0.6 is 0 Å². The van der Waals surface area contributed by atoms with Crippen molar-refractivity contribution in [1.82, 2.24) is 9.47 Å². The molecule has 1 aromatic heterocycles. The zero-order chi connectivity index (χ0) is 14.4. The molecule has 2 saturated heterocycles. The number of hydrogen-bond acceptors (Lipinski definition) is 1. The molecule has 2 aliphatic rings. The van der Waals surface area contributed by atoms with Crippen LogP contribution in [0.2, 0.25) is 0 Å². The van der Waals surface area contributed by atoms with Crippen molar-refractivity contribution in [2.45, 2.75) is 57.5 Å². The zero-order valence-electron chi connectivity index (χ0n) is 13.3. The molecule has 112 valence electrons. The van der Waals surface area contributed by atoms with Crippen LogP contribution in [0.25, 0.3) is 10.9 Å². The lowest BCUT2D eigenvalue weighted by molar-refractivity contribution is 0.181. The summed E-state index contributed by atoms with van der Waals surface area (Å²) in [6.07, 6.45) is 7.77. The van der Waals surface area contributed by atoms with Crippen LogP contribution in [0.1, 0.15) is 57.1 Å². The van der Waals surface area contributed by atoms with Gasteiger partial charge in [-0.25, -0.2) is 0 Å². The van der Waals surface area contributed by atoms with Crippen LogP contribution in [-0.2, 0) is 0 Å². The number of fused-ring (bicyclic) bond motifs is 2. The second kappa shape index (κ2) is 5.17. The molecule has 0 amide bonds. The first-order chi connectivity index (χ1) is 10.2. The number of piperidine rings is 1. The Bertz CT molecular complexity index is 640. The quantitative estimate of drug-likeness (QED) is 0.783. The molecule has 0 radical (unpaired) electrons. The van der Waals surface area contributed by atoms with Crippen LogP contribution < -0.4 is 0 Å². The number of rotatable bonds is 2. The van der Waals surface area contributed by atoms with E-state index in [9.17, 15) is 0 Å². The molecular formula is C19H26N2. The number of nitrogens with zero attached hydrogens (tertiary/aromatic N) is 2. The summed E-state index contributed by atoms with van der Waals surface area (Å²) in [5.41, 5.74) is 2.98. The Morgan fingerprint density at radius 3 is 2.86 bits per heavy atom. The second-order valence-corrected chi connectivity index (χ2v) is 7.19. The minimum absolute atomic E-state index is 0.537. The van der Waals surface area contributed by atoms with E-state index in [0.29, 0.717) is 6.04 Å². The van der Waals surface area contributed by atoms with Gasteiger partial charge in [-0.15, -0.1) is 0 Å². The van der Waals surface area contributed by atoms with E-state index in [1.165, 1.54) is 49.7 Å². The van der Waals surface area contributed by atoms with E-state index in [1.807, 2.05) is 0 Å². The predicted octanol–water partition coefficient (Wildman–Crippen LogP) is 4.56. The Labute approximate surface area is 127 Å². The lowest BCUT2D eigenvalue weighted by atomic mass is 9.85. The van der Waals surface area contributed by atoms with Crippen LogP contribution in [0.4, 0.5) is 0 Å². The molecule has 3 heterocycles. The molecule has 21 heavy (non-hydrogen) atoms. The molecule has 2 aliphatic heterocycles. The average Bonchev–Trinajstić information content (AvgIpc) is 3.12. The number of hydrogen-bond donors (Lipinski definition) is 0. The molecule has 2 nitrogen and oxygen atoms in total. The maximum atomic E-state index is 2.71. The molecule has 0 spiro atoms. The molecular weight excluding hydrogens is 256 g/mol. The fourth-order valence-electron chi connectivity index (χ4n) is 4.40. The van der Waals surface area contributed by atoms with E-state index < -0.39 is 0 Å². The minimum Gasteiger partial charge on any atom is -0.345 e. The van der Waals surface area contributed by atoms with Crippen LogP contribution in [0.3, 0.4) is 0 Å². The normalized spacial score (nSPS) is 26.6. The van der Waals surface area contributed by atoms with Crippen LogP contribution in [0.5, 0.6) is 0 Å². The van der Waals surface area contributed by atoms with Crippen LogP contribution in [0, 0.1) is 0 Å². The highest BCUT2D eigenvalue weighted by atomic mass is 15.2. The smallest absolute Gasteiger partial charge is 0.0485 e. The third-order valence-corrected chi connectivity index (χ3v) is 5.60. The van der Waals surface area contributed by atoms with Gasteiger partial charge in [0.05, 0.1) is 0 Å². The molecule has 0 bridgehead atoms. The maximum Gasteiger partial charge on any atom is 0.0485 e. The second-order valence-electron chi connectivity index (χ2n) is 7.19. The van der Waals surface area contributed by atoms with Crippen LogP contribution in [-0.4, -0.2) is 28.6 Å².